The maximum atomic E-state index is 14.0. The van der Waals surface area contributed by atoms with Crippen molar-refractivity contribution in [2.75, 3.05) is 18.9 Å². The molecule has 44 heavy (non-hydrogen) atoms. The highest BCUT2D eigenvalue weighted by Crippen LogP contribution is 2.46. The molecular formula is C33H41N3O7S. The molecule has 2 aliphatic heterocycles. The highest BCUT2D eigenvalue weighted by atomic mass is 32.2. The maximum absolute atomic E-state index is 14.0. The highest BCUT2D eigenvalue weighted by molar-refractivity contribution is 7.93. The van der Waals surface area contributed by atoms with E-state index in [4.69, 9.17) is 9.47 Å². The Kier molecular flexibility index (Phi) is 7.54. The lowest BCUT2D eigenvalue weighted by Crippen LogP contribution is -2.55. The Hall–Kier alpha value is -3.47. The minimum Gasteiger partial charge on any atom is -0.492 e. The van der Waals surface area contributed by atoms with Crippen LogP contribution in [0.2, 0.25) is 0 Å². The van der Waals surface area contributed by atoms with Crippen molar-refractivity contribution in [2.24, 2.45) is 17.3 Å². The Morgan fingerprint density at radius 1 is 1.23 bits per heavy atom. The summed E-state index contributed by atoms with van der Waals surface area (Å²) in [5.74, 6) is -1.36. The number of amides is 2. The molecule has 1 saturated heterocycles. The molecule has 236 valence electrons. The third-order valence-corrected chi connectivity index (χ3v) is 12.0. The van der Waals surface area contributed by atoms with Gasteiger partial charge in [-0.3, -0.25) is 14.4 Å². The first kappa shape index (κ1) is 30.6. The average Bonchev–Trinajstić information content (AvgIpc) is 3.85. The second-order valence-electron chi connectivity index (χ2n) is 13.9. The Morgan fingerprint density at radius 3 is 2.64 bits per heavy atom. The number of nitrogens with zero attached hydrogens (tertiary/aromatic N) is 2. The van der Waals surface area contributed by atoms with Crippen LogP contribution >= 0.6 is 0 Å². The number of likely N-dealkylation sites (tertiary alicyclic amines) is 1. The summed E-state index contributed by atoms with van der Waals surface area (Å²) in [4.78, 5) is 47.2. The first-order valence-electron chi connectivity index (χ1n) is 15.4. The van der Waals surface area contributed by atoms with Crippen LogP contribution < -0.4 is 14.8 Å². The fourth-order valence-electron chi connectivity index (χ4n) is 6.39. The third kappa shape index (κ3) is 5.48. The molecule has 11 heteroatoms. The van der Waals surface area contributed by atoms with Gasteiger partial charge in [0.1, 0.15) is 29.2 Å². The molecule has 2 amide bonds. The number of benzene rings is 1. The summed E-state index contributed by atoms with van der Waals surface area (Å²) in [5.41, 5.74) is -0.554. The highest BCUT2D eigenvalue weighted by Gasteiger charge is 2.61. The SMILES string of the molecule is C=C[C@@H]1C[C@]1(NC(=O)[C@@H]1C[C@@H](Oc2nccc3c4c(ccc23)CCO4)CN1C(=O)[C@@H](C)C(C)(C)C)C(=O)CS(=O)(=O)C1CC1. The van der Waals surface area contributed by atoms with Gasteiger partial charge in [0.25, 0.3) is 0 Å². The standard InChI is InChI=1S/C33H41N3O7S/c1-6-21-16-33(21,27(37)18-44(40,41)23-8-9-23)35-29(38)26-15-22(17-36(26)31(39)19(2)32(3,4)5)43-30-25-10-7-20-12-14-42-28(20)24(25)11-13-34-30/h6-7,10-11,13,19,21-23,26H,1,8-9,12,14-18H2,2-5H3,(H,35,38)/t19-,21-,22-,26+,33-/m1/s1. The number of carbonyl (C=O) groups excluding carboxylic acids is 3. The Balaban J connectivity index is 1.26. The number of fused-ring (bicyclic) bond motifs is 3. The summed E-state index contributed by atoms with van der Waals surface area (Å²) < 4.78 is 37.6. The minimum absolute atomic E-state index is 0.165. The summed E-state index contributed by atoms with van der Waals surface area (Å²) in [6.07, 6.45) is 5.15. The first-order chi connectivity index (χ1) is 20.7. The van der Waals surface area contributed by atoms with Gasteiger partial charge in [0, 0.05) is 41.6 Å². The van der Waals surface area contributed by atoms with Gasteiger partial charge >= 0.3 is 0 Å². The fraction of sp³-hybridized carbons (Fsp3) is 0.576. The predicted molar refractivity (Wildman–Crippen MR) is 165 cm³/mol. The molecule has 4 aliphatic rings. The number of sulfone groups is 1. The molecule has 10 nitrogen and oxygen atoms in total. The average molecular weight is 624 g/mol. The topological polar surface area (TPSA) is 132 Å². The predicted octanol–water partition coefficient (Wildman–Crippen LogP) is 3.41. The number of ether oxygens (including phenoxy) is 2. The molecule has 2 saturated carbocycles. The van der Waals surface area contributed by atoms with Crippen LogP contribution in [0.3, 0.4) is 0 Å². The molecule has 1 aromatic carbocycles. The van der Waals surface area contributed by atoms with Crippen molar-refractivity contribution in [3.63, 3.8) is 0 Å². The van der Waals surface area contributed by atoms with Crippen LogP contribution in [0.1, 0.15) is 58.9 Å². The molecule has 1 N–H and O–H groups in total. The number of carbonyl (C=O) groups is 3. The number of ketones is 1. The second kappa shape index (κ2) is 10.9. The van der Waals surface area contributed by atoms with E-state index in [1.165, 1.54) is 0 Å². The summed E-state index contributed by atoms with van der Waals surface area (Å²) in [6, 6.07) is 4.96. The largest absolute Gasteiger partial charge is 0.492 e. The molecule has 0 radical (unpaired) electrons. The van der Waals surface area contributed by atoms with Crippen LogP contribution in [0.15, 0.2) is 37.1 Å². The summed E-state index contributed by atoms with van der Waals surface area (Å²) in [5, 5.41) is 4.10. The Bertz CT molecular complexity index is 1640. The molecule has 5 atom stereocenters. The second-order valence-corrected chi connectivity index (χ2v) is 16.2. The molecule has 0 spiro atoms. The molecule has 3 heterocycles. The van der Waals surface area contributed by atoms with Crippen molar-refractivity contribution >= 4 is 38.2 Å². The van der Waals surface area contributed by atoms with Crippen molar-refractivity contribution in [1.29, 1.82) is 0 Å². The van der Waals surface area contributed by atoms with Gasteiger partial charge < -0.3 is 19.7 Å². The van der Waals surface area contributed by atoms with Gasteiger partial charge in [0.15, 0.2) is 15.6 Å². The van der Waals surface area contributed by atoms with E-state index in [1.807, 2.05) is 45.9 Å². The minimum atomic E-state index is -3.57. The van der Waals surface area contributed by atoms with E-state index in [0.717, 1.165) is 28.5 Å². The van der Waals surface area contributed by atoms with Gasteiger partial charge in [0.05, 0.1) is 18.4 Å². The number of hydrogen-bond acceptors (Lipinski definition) is 8. The number of aromatic nitrogens is 1. The number of nitrogens with one attached hydrogen (secondary N) is 1. The molecule has 2 aliphatic carbocycles. The van der Waals surface area contributed by atoms with Gasteiger partial charge in [-0.2, -0.15) is 0 Å². The van der Waals surface area contributed by atoms with Crippen molar-refractivity contribution in [2.45, 2.75) is 82.7 Å². The quantitative estimate of drug-likeness (QED) is 0.399. The van der Waals surface area contributed by atoms with E-state index < -0.39 is 56.1 Å². The van der Waals surface area contributed by atoms with Crippen molar-refractivity contribution in [3.05, 3.63) is 42.6 Å². The van der Waals surface area contributed by atoms with Crippen LogP contribution in [-0.2, 0) is 30.6 Å². The van der Waals surface area contributed by atoms with Gasteiger partial charge in [0.2, 0.25) is 17.7 Å². The Labute approximate surface area is 258 Å². The van der Waals surface area contributed by atoms with Crippen LogP contribution in [0.5, 0.6) is 11.6 Å². The fourth-order valence-corrected chi connectivity index (χ4v) is 8.10. The van der Waals surface area contributed by atoms with E-state index in [1.54, 1.807) is 17.2 Å². The monoisotopic (exact) mass is 623 g/mol. The normalized spacial score (nSPS) is 26.9. The lowest BCUT2D eigenvalue weighted by Gasteiger charge is -2.33. The molecule has 1 aromatic heterocycles. The first-order valence-corrected chi connectivity index (χ1v) is 17.2. The zero-order valence-corrected chi connectivity index (χ0v) is 26.6. The summed E-state index contributed by atoms with van der Waals surface area (Å²) in [7, 11) is -3.57. The molecule has 0 unspecified atom stereocenters. The zero-order chi connectivity index (χ0) is 31.6. The molecular weight excluding hydrogens is 582 g/mol. The van der Waals surface area contributed by atoms with Gasteiger partial charge in [-0.25, -0.2) is 13.4 Å². The number of Topliss-reactive ketones (excluding diaryl/α,β-unsaturated/α-hetero) is 1. The number of pyridine rings is 1. The van der Waals surface area contributed by atoms with Gasteiger partial charge in [-0.15, -0.1) is 6.58 Å². The van der Waals surface area contributed by atoms with Crippen LogP contribution in [0, 0.1) is 17.3 Å². The van der Waals surface area contributed by atoms with Crippen molar-refractivity contribution in [3.8, 4) is 11.6 Å². The van der Waals surface area contributed by atoms with Gasteiger partial charge in [-0.1, -0.05) is 39.8 Å². The van der Waals surface area contributed by atoms with Crippen molar-refractivity contribution in [1.82, 2.24) is 15.2 Å². The van der Waals surface area contributed by atoms with E-state index in [0.29, 0.717) is 25.3 Å². The third-order valence-electron chi connectivity index (χ3n) is 9.86. The summed E-state index contributed by atoms with van der Waals surface area (Å²) in [6.45, 7) is 12.4. The van der Waals surface area contributed by atoms with Crippen LogP contribution in [0.25, 0.3) is 10.8 Å². The number of hydrogen-bond donors (Lipinski definition) is 1. The van der Waals surface area contributed by atoms with Gasteiger partial charge in [-0.05, 0) is 42.4 Å². The molecule has 6 rings (SSSR count). The molecule has 0 bridgehead atoms. The van der Waals surface area contributed by atoms with E-state index in [9.17, 15) is 22.8 Å². The lowest BCUT2D eigenvalue weighted by atomic mass is 9.81. The van der Waals surface area contributed by atoms with E-state index >= 15 is 0 Å². The molecule has 2 aromatic rings. The molecule has 3 fully saturated rings. The zero-order valence-electron chi connectivity index (χ0n) is 25.8. The van der Waals surface area contributed by atoms with Crippen LogP contribution in [0.4, 0.5) is 0 Å². The van der Waals surface area contributed by atoms with E-state index in [-0.39, 0.29) is 36.6 Å². The van der Waals surface area contributed by atoms with Crippen molar-refractivity contribution < 1.29 is 32.3 Å². The summed E-state index contributed by atoms with van der Waals surface area (Å²) >= 11 is 0. The number of rotatable bonds is 10. The van der Waals surface area contributed by atoms with E-state index in [2.05, 4.69) is 16.9 Å². The maximum Gasteiger partial charge on any atom is 0.243 e. The Morgan fingerprint density at radius 2 is 1.98 bits per heavy atom. The lowest BCUT2D eigenvalue weighted by molar-refractivity contribution is -0.144. The van der Waals surface area contributed by atoms with Crippen LogP contribution in [-0.4, -0.2) is 77.7 Å². The smallest absolute Gasteiger partial charge is 0.243 e.